The summed E-state index contributed by atoms with van der Waals surface area (Å²) in [6, 6.07) is 3.73. The molecule has 1 atom stereocenters. The van der Waals surface area contributed by atoms with Gasteiger partial charge in [-0.3, -0.25) is 14.4 Å². The number of aromatic amines is 1. The summed E-state index contributed by atoms with van der Waals surface area (Å²) in [5, 5.41) is 20.3. The van der Waals surface area contributed by atoms with Crippen molar-refractivity contribution in [3.8, 4) is 0 Å². The van der Waals surface area contributed by atoms with Crippen LogP contribution in [0, 0.1) is 0 Å². The number of nitrogen functional groups attached to an aromatic ring is 1. The van der Waals surface area contributed by atoms with Crippen LogP contribution in [0.25, 0.3) is 11.2 Å². The Balaban J connectivity index is 1.68. The Kier molecular flexibility index (Phi) is 6.76. The number of nitrogens with zero attached hydrogens (tertiary/aromatic N) is 4. The van der Waals surface area contributed by atoms with Crippen LogP contribution in [0.3, 0.4) is 0 Å². The number of aliphatic carboxylic acids is 2. The fourth-order valence-corrected chi connectivity index (χ4v) is 2.83. The number of carbonyl (C=O) groups is 3. The van der Waals surface area contributed by atoms with Crippen LogP contribution in [0.1, 0.15) is 28.9 Å². The van der Waals surface area contributed by atoms with Crippen LogP contribution in [0.2, 0.25) is 0 Å². The number of carboxylic acid groups (broad SMARTS) is 2. The van der Waals surface area contributed by atoms with Crippen molar-refractivity contribution in [2.24, 2.45) is 0 Å². The van der Waals surface area contributed by atoms with Gasteiger partial charge in [-0.25, -0.2) is 19.9 Å². The lowest BCUT2D eigenvalue weighted by molar-refractivity contribution is -0.140. The van der Waals surface area contributed by atoms with Gasteiger partial charge in [0, 0.05) is 12.0 Å². The molecule has 0 aliphatic carbocycles. The molecule has 2 aromatic heterocycles. The number of rotatable bonds is 9. The summed E-state index contributed by atoms with van der Waals surface area (Å²) in [6.07, 6.45) is 0.541. The molecular formula is C19H18FN7O6. The van der Waals surface area contributed by atoms with Crippen LogP contribution >= 0.6 is 0 Å². The van der Waals surface area contributed by atoms with E-state index in [9.17, 15) is 23.7 Å². The number of fused-ring (bicyclic) bond motifs is 1. The zero-order valence-corrected chi connectivity index (χ0v) is 16.9. The molecule has 13 nitrogen and oxygen atoms in total. The molecule has 3 aromatic rings. The number of nitrogens with two attached hydrogens (primary N) is 1. The number of carboxylic acids is 2. The van der Waals surface area contributed by atoms with E-state index in [1.54, 1.807) is 0 Å². The molecule has 0 bridgehead atoms. The molecule has 0 unspecified atom stereocenters. The van der Waals surface area contributed by atoms with Crippen LogP contribution in [-0.2, 0) is 16.1 Å². The molecule has 0 saturated heterocycles. The van der Waals surface area contributed by atoms with Crippen molar-refractivity contribution >= 4 is 40.6 Å². The fraction of sp³-hybridized carbons (Fsp3) is 0.211. The zero-order chi connectivity index (χ0) is 24.1. The Hall–Kier alpha value is -4.62. The molecule has 0 spiro atoms. The van der Waals surface area contributed by atoms with E-state index in [1.807, 2.05) is 0 Å². The number of carbonyl (C=O) groups excluding carboxylic acids is 1. The summed E-state index contributed by atoms with van der Waals surface area (Å²) in [5.41, 5.74) is 4.98. The predicted molar refractivity (Wildman–Crippen MR) is 112 cm³/mol. The number of benzene rings is 1. The van der Waals surface area contributed by atoms with E-state index in [1.165, 1.54) is 30.5 Å². The van der Waals surface area contributed by atoms with Crippen LogP contribution in [-0.4, -0.2) is 54.0 Å². The van der Waals surface area contributed by atoms with E-state index >= 15 is 0 Å². The highest BCUT2D eigenvalue weighted by Crippen LogP contribution is 2.18. The Morgan fingerprint density at radius 2 is 1.88 bits per heavy atom. The maximum Gasteiger partial charge on any atom is 0.326 e. The number of H-pyrrole nitrogens is 1. The number of aromatic nitrogens is 4. The molecule has 2 heterocycles. The molecule has 1 amide bonds. The predicted octanol–water partition coefficient (Wildman–Crippen LogP) is 0.234. The van der Waals surface area contributed by atoms with E-state index < -0.39 is 35.9 Å². The van der Waals surface area contributed by atoms with Gasteiger partial charge in [-0.15, -0.1) is 0 Å². The lowest BCUT2D eigenvalue weighted by Gasteiger charge is -2.15. The van der Waals surface area contributed by atoms with E-state index in [-0.39, 0.29) is 47.0 Å². The van der Waals surface area contributed by atoms with Gasteiger partial charge in [-0.05, 0) is 30.7 Å². The molecule has 3 rings (SSSR count). The Morgan fingerprint density at radius 3 is 2.52 bits per heavy atom. The Labute approximate surface area is 184 Å². The van der Waals surface area contributed by atoms with Gasteiger partial charge in [0.05, 0.1) is 24.1 Å². The lowest BCUT2D eigenvalue weighted by Crippen LogP contribution is -2.41. The van der Waals surface area contributed by atoms with E-state index in [0.29, 0.717) is 5.12 Å². The second-order valence-corrected chi connectivity index (χ2v) is 6.85. The Bertz CT molecular complexity index is 1260. The molecule has 14 heteroatoms. The van der Waals surface area contributed by atoms with Crippen molar-refractivity contribution in [2.45, 2.75) is 25.4 Å². The molecule has 33 heavy (non-hydrogen) atoms. The fourth-order valence-electron chi connectivity index (χ4n) is 2.83. The summed E-state index contributed by atoms with van der Waals surface area (Å²) < 4.78 is 14.6. The minimum atomic E-state index is -1.38. The third-order valence-electron chi connectivity index (χ3n) is 4.45. The van der Waals surface area contributed by atoms with Crippen LogP contribution < -0.4 is 21.7 Å². The van der Waals surface area contributed by atoms with Crippen LogP contribution in [0.4, 0.5) is 16.1 Å². The molecule has 0 aliphatic heterocycles. The first-order valence-electron chi connectivity index (χ1n) is 9.44. The third-order valence-corrected chi connectivity index (χ3v) is 4.45. The number of hydrogen-bond donors (Lipinski definition) is 5. The maximum atomic E-state index is 14.6. The van der Waals surface area contributed by atoms with Gasteiger partial charge in [0.15, 0.2) is 11.2 Å². The first kappa shape index (κ1) is 23.1. The second-order valence-electron chi connectivity index (χ2n) is 6.85. The smallest absolute Gasteiger partial charge is 0.326 e. The molecule has 0 aliphatic rings. The van der Waals surface area contributed by atoms with Crippen molar-refractivity contribution in [2.75, 3.05) is 10.9 Å². The third kappa shape index (κ3) is 5.75. The largest absolute Gasteiger partial charge is 0.481 e. The minimum absolute atomic E-state index is 0.0504. The van der Waals surface area contributed by atoms with Crippen molar-refractivity contribution in [3.05, 3.63) is 52.1 Å². The molecule has 0 radical (unpaired) electrons. The summed E-state index contributed by atoms with van der Waals surface area (Å²) in [6.45, 7) is -0.366. The average Bonchev–Trinajstić information content (AvgIpc) is 2.76. The molecule has 6 N–H and O–H groups in total. The quantitative estimate of drug-likeness (QED) is 0.274. The van der Waals surface area contributed by atoms with Crippen molar-refractivity contribution < 1.29 is 29.1 Å². The lowest BCUT2D eigenvalue weighted by atomic mass is 10.1. The minimum Gasteiger partial charge on any atom is -0.481 e. The highest BCUT2D eigenvalue weighted by Gasteiger charge is 2.22. The number of amides is 1. The van der Waals surface area contributed by atoms with Crippen LogP contribution in [0.5, 0.6) is 0 Å². The highest BCUT2D eigenvalue weighted by atomic mass is 19.2. The van der Waals surface area contributed by atoms with Crippen molar-refractivity contribution in [1.29, 1.82) is 0 Å². The normalized spacial score (nSPS) is 11.7. The summed E-state index contributed by atoms with van der Waals surface area (Å²) in [4.78, 5) is 60.1. The average molecular weight is 459 g/mol. The number of halogens is 1. The zero-order valence-electron chi connectivity index (χ0n) is 16.9. The number of hydrogen-bond acceptors (Lipinski definition) is 9. The maximum absolute atomic E-state index is 14.6. The molecule has 1 aromatic carbocycles. The summed E-state index contributed by atoms with van der Waals surface area (Å²) in [5.74, 6) is -3.44. The van der Waals surface area contributed by atoms with Gasteiger partial charge in [0.25, 0.3) is 5.91 Å². The molecule has 0 saturated carbocycles. The SMILES string of the molecule is Nc1nc(=O)c2nc(CN(F)c3ccc(C(=O)N[C@@H](CCC(=O)O)C(=O)O)cc3)cnc2[nH]1. The first-order valence-corrected chi connectivity index (χ1v) is 9.44. The monoisotopic (exact) mass is 459 g/mol. The standard InChI is InChI=1S/C19H18FN7O6/c20-27(8-10-7-22-15-14(23-10)17(31)26-19(21)25-15)11-3-1-9(2-4-11)16(30)24-12(18(32)33)5-6-13(28)29/h1-4,7,12H,5-6,8H2,(H,24,30)(H,28,29)(H,32,33)(H3,21,22,25,26,31)/t12-/m0/s1. The van der Waals surface area contributed by atoms with Crippen molar-refractivity contribution in [1.82, 2.24) is 25.3 Å². The topological polar surface area (TPSA) is 204 Å². The van der Waals surface area contributed by atoms with E-state index in [0.717, 1.165) is 0 Å². The molecule has 0 fully saturated rings. The van der Waals surface area contributed by atoms with E-state index in [2.05, 4.69) is 25.3 Å². The number of anilines is 2. The molecule has 172 valence electrons. The van der Waals surface area contributed by atoms with Gasteiger partial charge in [0.1, 0.15) is 6.04 Å². The Morgan fingerprint density at radius 1 is 1.18 bits per heavy atom. The van der Waals surface area contributed by atoms with Crippen LogP contribution in [0.15, 0.2) is 35.3 Å². The van der Waals surface area contributed by atoms with Gasteiger partial charge in [-0.1, -0.05) is 4.48 Å². The number of nitrogens with one attached hydrogen (secondary N) is 2. The van der Waals surface area contributed by atoms with Gasteiger partial charge in [-0.2, -0.15) is 4.98 Å². The highest BCUT2D eigenvalue weighted by molar-refractivity contribution is 5.96. The second kappa shape index (κ2) is 9.67. The van der Waals surface area contributed by atoms with Gasteiger partial charge in [0.2, 0.25) is 5.95 Å². The molecular weight excluding hydrogens is 441 g/mol. The van der Waals surface area contributed by atoms with Gasteiger partial charge < -0.3 is 26.2 Å². The first-order chi connectivity index (χ1) is 15.6. The summed E-state index contributed by atoms with van der Waals surface area (Å²) in [7, 11) is 0. The van der Waals surface area contributed by atoms with E-state index in [4.69, 9.17) is 15.9 Å². The summed E-state index contributed by atoms with van der Waals surface area (Å²) >= 11 is 0. The van der Waals surface area contributed by atoms with Gasteiger partial charge >= 0.3 is 17.5 Å². The van der Waals surface area contributed by atoms with Crippen molar-refractivity contribution in [3.63, 3.8) is 0 Å².